The molecule has 0 aliphatic carbocycles. The highest BCUT2D eigenvalue weighted by Crippen LogP contribution is 2.31. The molecule has 5 heteroatoms. The summed E-state index contributed by atoms with van der Waals surface area (Å²) in [5.41, 5.74) is 4.36. The first-order valence-corrected chi connectivity index (χ1v) is 10.5. The molecule has 31 heavy (non-hydrogen) atoms. The third-order valence-electron chi connectivity index (χ3n) is 5.25. The van der Waals surface area contributed by atoms with Crippen molar-refractivity contribution in [1.82, 2.24) is 0 Å². The predicted molar refractivity (Wildman–Crippen MR) is 119 cm³/mol. The molecule has 1 N–H and O–H groups in total. The molecular formula is C26H26F2O3. The molecule has 3 aromatic carbocycles. The standard InChI is InChI=1S/C26H26F2O3/c1-2-3-4-5-6-18-7-9-19(10-8-18)20-11-13-21(14-12-20)24-17-22(31-26(27)28)15-16-23(24)25(29)30/h7-17,26H,2-6H2,1H3,(H,29,30). The number of benzene rings is 3. The highest BCUT2D eigenvalue weighted by Gasteiger charge is 2.15. The lowest BCUT2D eigenvalue weighted by Crippen LogP contribution is -2.04. The number of alkyl halides is 2. The van der Waals surface area contributed by atoms with E-state index in [1.165, 1.54) is 49.4 Å². The zero-order chi connectivity index (χ0) is 22.2. The zero-order valence-electron chi connectivity index (χ0n) is 17.5. The second-order valence-corrected chi connectivity index (χ2v) is 7.48. The average Bonchev–Trinajstić information content (AvgIpc) is 2.77. The Hall–Kier alpha value is -3.21. The van der Waals surface area contributed by atoms with Crippen LogP contribution in [0.25, 0.3) is 22.3 Å². The van der Waals surface area contributed by atoms with Gasteiger partial charge >= 0.3 is 12.6 Å². The summed E-state index contributed by atoms with van der Waals surface area (Å²) in [4.78, 5) is 11.6. The third kappa shape index (κ3) is 6.14. The minimum absolute atomic E-state index is 0.0294. The number of carboxylic acid groups (broad SMARTS) is 1. The van der Waals surface area contributed by atoms with Gasteiger partial charge in [-0.2, -0.15) is 8.78 Å². The van der Waals surface area contributed by atoms with Crippen LogP contribution in [-0.2, 0) is 6.42 Å². The average molecular weight is 424 g/mol. The molecule has 0 amide bonds. The topological polar surface area (TPSA) is 46.5 Å². The van der Waals surface area contributed by atoms with Crippen LogP contribution in [0.3, 0.4) is 0 Å². The van der Waals surface area contributed by atoms with Crippen LogP contribution in [0, 0.1) is 0 Å². The van der Waals surface area contributed by atoms with Gasteiger partial charge in [0.05, 0.1) is 5.56 Å². The Morgan fingerprint density at radius 1 is 0.871 bits per heavy atom. The summed E-state index contributed by atoms with van der Waals surface area (Å²) in [6.07, 6.45) is 6.02. The summed E-state index contributed by atoms with van der Waals surface area (Å²) < 4.78 is 29.5. The van der Waals surface area contributed by atoms with Crippen LogP contribution in [0.15, 0.2) is 66.7 Å². The van der Waals surface area contributed by atoms with Crippen molar-refractivity contribution in [2.75, 3.05) is 0 Å². The Balaban J connectivity index is 1.79. The molecule has 3 rings (SSSR count). The number of hydrogen-bond acceptors (Lipinski definition) is 2. The van der Waals surface area contributed by atoms with Gasteiger partial charge in [0, 0.05) is 0 Å². The van der Waals surface area contributed by atoms with E-state index in [1.54, 1.807) is 12.1 Å². The van der Waals surface area contributed by atoms with E-state index in [4.69, 9.17) is 0 Å². The van der Waals surface area contributed by atoms with Gasteiger partial charge < -0.3 is 9.84 Å². The quantitative estimate of drug-likeness (QED) is 0.344. The second-order valence-electron chi connectivity index (χ2n) is 7.48. The van der Waals surface area contributed by atoms with E-state index in [1.807, 2.05) is 12.1 Å². The Bertz CT molecular complexity index is 996. The van der Waals surface area contributed by atoms with Gasteiger partial charge in [-0.25, -0.2) is 4.79 Å². The minimum atomic E-state index is -2.97. The van der Waals surface area contributed by atoms with E-state index >= 15 is 0 Å². The zero-order valence-corrected chi connectivity index (χ0v) is 17.5. The molecule has 0 saturated heterocycles. The number of aryl methyl sites for hydroxylation is 1. The lowest BCUT2D eigenvalue weighted by Gasteiger charge is -2.11. The molecule has 0 aromatic heterocycles. The number of ether oxygens (including phenoxy) is 1. The van der Waals surface area contributed by atoms with Gasteiger partial charge in [0.25, 0.3) is 0 Å². The number of hydrogen-bond donors (Lipinski definition) is 1. The van der Waals surface area contributed by atoms with E-state index in [9.17, 15) is 18.7 Å². The van der Waals surface area contributed by atoms with Gasteiger partial charge in [0.1, 0.15) is 5.75 Å². The maximum absolute atomic E-state index is 12.5. The van der Waals surface area contributed by atoms with Crippen molar-refractivity contribution in [1.29, 1.82) is 0 Å². The Morgan fingerprint density at radius 3 is 2.06 bits per heavy atom. The molecule has 0 atom stereocenters. The highest BCUT2D eigenvalue weighted by molar-refractivity contribution is 5.96. The summed E-state index contributed by atoms with van der Waals surface area (Å²) in [6, 6.07) is 19.7. The molecule has 0 unspecified atom stereocenters. The number of carbonyl (C=O) groups is 1. The fourth-order valence-electron chi connectivity index (χ4n) is 3.59. The number of carboxylic acids is 1. The van der Waals surface area contributed by atoms with Crippen molar-refractivity contribution in [3.8, 4) is 28.0 Å². The Morgan fingerprint density at radius 2 is 1.48 bits per heavy atom. The van der Waals surface area contributed by atoms with Crippen molar-refractivity contribution in [2.45, 2.75) is 45.6 Å². The predicted octanol–water partition coefficient (Wildman–Crippen LogP) is 7.44. The molecule has 3 aromatic rings. The van der Waals surface area contributed by atoms with Crippen LogP contribution in [-0.4, -0.2) is 17.7 Å². The van der Waals surface area contributed by atoms with Gasteiger partial charge in [-0.3, -0.25) is 0 Å². The molecule has 0 bridgehead atoms. The fraction of sp³-hybridized carbons (Fsp3) is 0.269. The summed E-state index contributed by atoms with van der Waals surface area (Å²) in [6.45, 7) is -0.767. The van der Waals surface area contributed by atoms with Crippen LogP contribution in [0.2, 0.25) is 0 Å². The van der Waals surface area contributed by atoms with Gasteiger partial charge in [0.15, 0.2) is 0 Å². The SMILES string of the molecule is CCCCCCc1ccc(-c2ccc(-c3cc(OC(F)F)ccc3C(=O)O)cc2)cc1. The number of aromatic carboxylic acids is 1. The maximum Gasteiger partial charge on any atom is 0.387 e. The van der Waals surface area contributed by atoms with E-state index < -0.39 is 12.6 Å². The van der Waals surface area contributed by atoms with Gasteiger partial charge in [0.2, 0.25) is 0 Å². The lowest BCUT2D eigenvalue weighted by atomic mass is 9.96. The van der Waals surface area contributed by atoms with Gasteiger partial charge in [-0.1, -0.05) is 74.7 Å². The summed E-state index contributed by atoms with van der Waals surface area (Å²) in [7, 11) is 0. The first-order chi connectivity index (χ1) is 15.0. The highest BCUT2D eigenvalue weighted by atomic mass is 19.3. The summed E-state index contributed by atoms with van der Waals surface area (Å²) in [5.74, 6) is -1.20. The molecule has 0 saturated carbocycles. The van der Waals surface area contributed by atoms with Crippen molar-refractivity contribution < 1.29 is 23.4 Å². The van der Waals surface area contributed by atoms with Crippen molar-refractivity contribution in [3.05, 3.63) is 77.9 Å². The fourth-order valence-corrected chi connectivity index (χ4v) is 3.59. The van der Waals surface area contributed by atoms with Crippen molar-refractivity contribution >= 4 is 5.97 Å². The smallest absolute Gasteiger partial charge is 0.387 e. The monoisotopic (exact) mass is 424 g/mol. The third-order valence-corrected chi connectivity index (χ3v) is 5.25. The maximum atomic E-state index is 12.5. The van der Waals surface area contributed by atoms with E-state index in [2.05, 4.69) is 35.9 Å². The normalized spacial score (nSPS) is 11.0. The number of unbranched alkanes of at least 4 members (excludes halogenated alkanes) is 3. The number of halogens is 2. The molecule has 0 aliphatic heterocycles. The molecule has 3 nitrogen and oxygen atoms in total. The molecule has 0 heterocycles. The summed E-state index contributed by atoms with van der Waals surface area (Å²) in [5, 5.41) is 9.46. The van der Waals surface area contributed by atoms with Crippen LogP contribution in [0.1, 0.15) is 48.5 Å². The minimum Gasteiger partial charge on any atom is -0.478 e. The lowest BCUT2D eigenvalue weighted by molar-refractivity contribution is -0.0498. The van der Waals surface area contributed by atoms with Crippen LogP contribution in [0.5, 0.6) is 5.75 Å². The largest absolute Gasteiger partial charge is 0.478 e. The van der Waals surface area contributed by atoms with Crippen LogP contribution in [0.4, 0.5) is 8.78 Å². The molecule has 0 fully saturated rings. The van der Waals surface area contributed by atoms with Crippen LogP contribution >= 0.6 is 0 Å². The van der Waals surface area contributed by atoms with E-state index in [0.717, 1.165) is 17.5 Å². The Labute approximate surface area is 181 Å². The van der Waals surface area contributed by atoms with Crippen molar-refractivity contribution in [3.63, 3.8) is 0 Å². The molecule has 0 spiro atoms. The molecule has 162 valence electrons. The van der Waals surface area contributed by atoms with Gasteiger partial charge in [-0.15, -0.1) is 0 Å². The number of rotatable bonds is 10. The van der Waals surface area contributed by atoms with Crippen molar-refractivity contribution in [2.24, 2.45) is 0 Å². The first-order valence-electron chi connectivity index (χ1n) is 10.5. The molecular weight excluding hydrogens is 398 g/mol. The Kier molecular flexibility index (Phi) is 7.76. The summed E-state index contributed by atoms with van der Waals surface area (Å²) >= 11 is 0. The van der Waals surface area contributed by atoms with Crippen LogP contribution < -0.4 is 4.74 Å². The van der Waals surface area contributed by atoms with E-state index in [-0.39, 0.29) is 11.3 Å². The molecule has 0 aliphatic rings. The second kappa shape index (κ2) is 10.7. The first kappa shape index (κ1) is 22.5. The molecule has 0 radical (unpaired) electrons. The van der Waals surface area contributed by atoms with Gasteiger partial charge in [-0.05, 0) is 58.9 Å². The van der Waals surface area contributed by atoms with E-state index in [0.29, 0.717) is 11.1 Å².